The number of aryl methyl sites for hydroxylation is 1. The van der Waals surface area contributed by atoms with Gasteiger partial charge in [0, 0.05) is 55.5 Å². The number of carbonyl (C=O) groups is 2. The van der Waals surface area contributed by atoms with E-state index in [0.717, 1.165) is 60.2 Å². The molecule has 0 saturated carbocycles. The summed E-state index contributed by atoms with van der Waals surface area (Å²) < 4.78 is 6.04. The van der Waals surface area contributed by atoms with Gasteiger partial charge in [-0.2, -0.15) is 0 Å². The van der Waals surface area contributed by atoms with Crippen molar-refractivity contribution >= 4 is 40.9 Å². The average Bonchev–Trinajstić information content (AvgIpc) is 3.04. The Morgan fingerprint density at radius 3 is 2.41 bits per heavy atom. The number of carbonyl (C=O) groups excluding carboxylic acids is 2. The Hall–Kier alpha value is -4.59. The van der Waals surface area contributed by atoms with Crippen LogP contribution in [0.15, 0.2) is 103 Å². The molecule has 0 radical (unpaired) electrons. The number of piperazine rings is 1. The fraction of sp³-hybridized carbons (Fsp3) is 0.222. The van der Waals surface area contributed by atoms with Gasteiger partial charge in [0.25, 0.3) is 11.8 Å². The first-order valence-electron chi connectivity index (χ1n) is 14.9. The van der Waals surface area contributed by atoms with Crippen molar-refractivity contribution < 1.29 is 14.3 Å². The minimum atomic E-state index is -0.209. The lowest BCUT2D eigenvalue weighted by molar-refractivity contribution is -0.117. The molecule has 6 rings (SSSR count). The van der Waals surface area contributed by atoms with E-state index in [0.29, 0.717) is 24.4 Å². The lowest BCUT2D eigenvalue weighted by Gasteiger charge is -2.36. The van der Waals surface area contributed by atoms with E-state index in [2.05, 4.69) is 21.2 Å². The van der Waals surface area contributed by atoms with Crippen LogP contribution in [0.5, 0.6) is 5.75 Å². The molecule has 4 aromatic rings. The van der Waals surface area contributed by atoms with Crippen molar-refractivity contribution in [1.82, 2.24) is 10.2 Å². The second kappa shape index (κ2) is 13.4. The number of hydrogen-bond acceptors (Lipinski definition) is 5. The van der Waals surface area contributed by atoms with Crippen molar-refractivity contribution in [2.24, 2.45) is 0 Å². The number of nitrogens with one attached hydrogen (secondary N) is 1. The van der Waals surface area contributed by atoms with Gasteiger partial charge in [-0.3, -0.25) is 19.4 Å². The number of anilines is 2. The van der Waals surface area contributed by atoms with Gasteiger partial charge in [-0.1, -0.05) is 71.8 Å². The molecule has 1 N–H and O–H groups in total. The van der Waals surface area contributed by atoms with Crippen LogP contribution in [0.25, 0.3) is 6.08 Å². The van der Waals surface area contributed by atoms with Gasteiger partial charge in [0.15, 0.2) is 11.5 Å². The van der Waals surface area contributed by atoms with Crippen molar-refractivity contribution in [3.63, 3.8) is 0 Å². The number of rotatable bonds is 8. The lowest BCUT2D eigenvalue weighted by Crippen LogP contribution is -2.48. The van der Waals surface area contributed by atoms with E-state index in [1.807, 2.05) is 85.8 Å². The molecule has 1 saturated heterocycles. The third kappa shape index (κ3) is 6.96. The molecule has 4 aromatic carbocycles. The molecule has 0 aromatic heterocycles. The second-order valence-electron chi connectivity index (χ2n) is 11.1. The Morgan fingerprint density at radius 1 is 0.909 bits per heavy atom. The SMILES string of the molecule is Cc1ccc(CN2C(=O)/C(=C\c3ccc(C(=O)NCCN4CCN(c5cccc(Cl)c5)CC4)cc3)Oc3ccccc32)cc1. The quantitative estimate of drug-likeness (QED) is 0.243. The maximum atomic E-state index is 13.5. The lowest BCUT2D eigenvalue weighted by atomic mass is 10.1. The fourth-order valence-electron chi connectivity index (χ4n) is 5.51. The fourth-order valence-corrected chi connectivity index (χ4v) is 5.69. The highest BCUT2D eigenvalue weighted by Gasteiger charge is 2.30. The molecule has 0 unspecified atom stereocenters. The molecule has 2 aliphatic heterocycles. The van der Waals surface area contributed by atoms with Crippen LogP contribution in [0.3, 0.4) is 0 Å². The summed E-state index contributed by atoms with van der Waals surface area (Å²) in [6.07, 6.45) is 1.73. The summed E-state index contributed by atoms with van der Waals surface area (Å²) in [6, 6.07) is 30.9. The Morgan fingerprint density at radius 2 is 1.66 bits per heavy atom. The molecular formula is C36H35ClN4O3. The zero-order chi connectivity index (χ0) is 30.5. The van der Waals surface area contributed by atoms with E-state index in [4.69, 9.17) is 16.3 Å². The van der Waals surface area contributed by atoms with Crippen molar-refractivity contribution in [2.45, 2.75) is 13.5 Å². The van der Waals surface area contributed by atoms with Crippen LogP contribution in [0.2, 0.25) is 5.02 Å². The molecule has 0 atom stereocenters. The predicted octanol–water partition coefficient (Wildman–Crippen LogP) is 6.17. The molecule has 2 heterocycles. The van der Waals surface area contributed by atoms with Gasteiger partial charge in [0.1, 0.15) is 0 Å². The van der Waals surface area contributed by atoms with Crippen LogP contribution < -0.4 is 19.9 Å². The number of benzene rings is 4. The van der Waals surface area contributed by atoms with Gasteiger partial charge in [-0.25, -0.2) is 0 Å². The van der Waals surface area contributed by atoms with Crippen molar-refractivity contribution in [3.05, 3.63) is 130 Å². The first-order valence-corrected chi connectivity index (χ1v) is 15.3. The number of fused-ring (bicyclic) bond motifs is 1. The van der Waals surface area contributed by atoms with Crippen molar-refractivity contribution in [1.29, 1.82) is 0 Å². The van der Waals surface area contributed by atoms with Gasteiger partial charge in [-0.15, -0.1) is 0 Å². The summed E-state index contributed by atoms with van der Waals surface area (Å²) in [4.78, 5) is 32.8. The van der Waals surface area contributed by atoms with E-state index in [-0.39, 0.29) is 17.6 Å². The summed E-state index contributed by atoms with van der Waals surface area (Å²) >= 11 is 6.15. The third-order valence-electron chi connectivity index (χ3n) is 8.02. The molecule has 8 heteroatoms. The van der Waals surface area contributed by atoms with Crippen molar-refractivity contribution in [3.8, 4) is 5.75 Å². The average molecular weight is 607 g/mol. The number of nitrogens with zero attached hydrogens (tertiary/aromatic N) is 3. The first kappa shape index (κ1) is 29.5. The Labute approximate surface area is 263 Å². The molecular weight excluding hydrogens is 572 g/mol. The summed E-state index contributed by atoms with van der Waals surface area (Å²) in [7, 11) is 0. The highest BCUT2D eigenvalue weighted by Crippen LogP contribution is 2.36. The Balaban J connectivity index is 1.04. The highest BCUT2D eigenvalue weighted by molar-refractivity contribution is 6.30. The van der Waals surface area contributed by atoms with Gasteiger partial charge >= 0.3 is 0 Å². The maximum Gasteiger partial charge on any atom is 0.294 e. The zero-order valence-electron chi connectivity index (χ0n) is 24.7. The van der Waals surface area contributed by atoms with Crippen molar-refractivity contribution in [2.75, 3.05) is 49.1 Å². The molecule has 44 heavy (non-hydrogen) atoms. The van der Waals surface area contributed by atoms with Gasteiger partial charge in [0.05, 0.1) is 12.2 Å². The minimum Gasteiger partial charge on any atom is -0.449 e. The van der Waals surface area contributed by atoms with Crippen LogP contribution in [0, 0.1) is 6.92 Å². The summed E-state index contributed by atoms with van der Waals surface area (Å²) in [5.74, 6) is 0.542. The van der Waals surface area contributed by atoms with E-state index < -0.39 is 0 Å². The van der Waals surface area contributed by atoms with E-state index in [9.17, 15) is 9.59 Å². The summed E-state index contributed by atoms with van der Waals surface area (Å²) in [6.45, 7) is 7.55. The minimum absolute atomic E-state index is 0.120. The standard InChI is InChI=1S/C36H35ClN4O3/c1-26-9-11-28(12-10-26)25-41-32-7-2-3-8-33(32)44-34(36(41)43)23-27-13-15-29(16-14-27)35(42)38-17-18-39-19-21-40(22-20-39)31-6-4-5-30(37)24-31/h2-16,23-24H,17-22,25H2,1H3,(H,38,42)/b34-23+. The van der Waals surface area contributed by atoms with E-state index in [1.165, 1.54) is 5.56 Å². The molecule has 7 nitrogen and oxygen atoms in total. The summed E-state index contributed by atoms with van der Waals surface area (Å²) in [5, 5.41) is 3.78. The number of para-hydroxylation sites is 2. The molecule has 1 fully saturated rings. The molecule has 0 spiro atoms. The van der Waals surface area contributed by atoms with Crippen LogP contribution >= 0.6 is 11.6 Å². The monoisotopic (exact) mass is 606 g/mol. The summed E-state index contributed by atoms with van der Waals surface area (Å²) in [5.41, 5.74) is 5.44. The van der Waals surface area contributed by atoms with Crippen LogP contribution in [0.1, 0.15) is 27.0 Å². The maximum absolute atomic E-state index is 13.5. The topological polar surface area (TPSA) is 65.1 Å². The predicted molar refractivity (Wildman–Crippen MR) is 176 cm³/mol. The van der Waals surface area contributed by atoms with E-state index >= 15 is 0 Å². The third-order valence-corrected chi connectivity index (χ3v) is 8.26. The number of halogens is 1. The van der Waals surface area contributed by atoms with Gasteiger partial charge in [0.2, 0.25) is 0 Å². The van der Waals surface area contributed by atoms with E-state index in [1.54, 1.807) is 23.1 Å². The number of ether oxygens (including phenoxy) is 1. The molecule has 2 amide bonds. The first-order chi connectivity index (χ1) is 21.4. The van der Waals surface area contributed by atoms with Crippen LogP contribution in [-0.4, -0.2) is 56.0 Å². The molecule has 0 aliphatic carbocycles. The van der Waals surface area contributed by atoms with Crippen LogP contribution in [0.4, 0.5) is 11.4 Å². The largest absolute Gasteiger partial charge is 0.449 e. The molecule has 0 bridgehead atoms. The van der Waals surface area contributed by atoms with Gasteiger partial charge in [-0.05, 0) is 66.6 Å². The smallest absolute Gasteiger partial charge is 0.294 e. The molecule has 2 aliphatic rings. The highest BCUT2D eigenvalue weighted by atomic mass is 35.5. The Kier molecular flexibility index (Phi) is 8.96. The van der Waals surface area contributed by atoms with Crippen LogP contribution in [-0.2, 0) is 11.3 Å². The van der Waals surface area contributed by atoms with Gasteiger partial charge < -0.3 is 15.0 Å². The second-order valence-corrected chi connectivity index (χ2v) is 11.6. The normalized spacial score (nSPS) is 16.0. The number of hydrogen-bond donors (Lipinski definition) is 1. The zero-order valence-corrected chi connectivity index (χ0v) is 25.5. The number of amides is 2. The molecule has 224 valence electrons. The Bertz CT molecular complexity index is 1660.